The number of amides is 1. The van der Waals surface area contributed by atoms with Crippen molar-refractivity contribution in [1.82, 2.24) is 5.32 Å². The fourth-order valence-corrected chi connectivity index (χ4v) is 3.69. The minimum Gasteiger partial charge on any atom is -0.488 e. The van der Waals surface area contributed by atoms with E-state index in [4.69, 9.17) is 46.9 Å². The molecule has 0 bridgehead atoms. The Bertz CT molecular complexity index is 1080. The summed E-state index contributed by atoms with van der Waals surface area (Å²) in [7, 11) is 0. The maximum atomic E-state index is 12.6. The lowest BCUT2D eigenvalue weighted by atomic mass is 10.1. The van der Waals surface area contributed by atoms with Crippen LogP contribution in [-0.2, 0) is 18.9 Å². The second kappa shape index (κ2) is 15.2. The molecule has 0 atom stereocenters. The van der Waals surface area contributed by atoms with Crippen LogP contribution in [0, 0.1) is 0 Å². The number of para-hydroxylation sites is 1. The predicted octanol–water partition coefficient (Wildman–Crippen LogP) is 6.63. The summed E-state index contributed by atoms with van der Waals surface area (Å²) in [5, 5.41) is 6.40. The Morgan fingerprint density at radius 1 is 0.795 bits per heavy atom. The number of hydrogen-bond acceptors (Lipinski definition) is 8. The number of alkyl carbamates (subject to hydrolysis) is 1. The van der Waals surface area contributed by atoms with Gasteiger partial charge in [-0.05, 0) is 65.8 Å². The average molecular weight is 586 g/mol. The Kier molecular flexibility index (Phi) is 12.6. The van der Waals surface area contributed by atoms with E-state index < -0.39 is 23.3 Å². The van der Waals surface area contributed by atoms with Gasteiger partial charge in [0.2, 0.25) is 0 Å². The van der Waals surface area contributed by atoms with E-state index in [0.717, 1.165) is 0 Å². The van der Waals surface area contributed by atoms with Gasteiger partial charge in [0.15, 0.2) is 5.75 Å². The Labute approximate surface area is 240 Å². The highest BCUT2D eigenvalue weighted by Crippen LogP contribution is 2.37. The van der Waals surface area contributed by atoms with E-state index in [1.54, 1.807) is 51.1 Å². The topological polar surface area (TPSA) is 104 Å². The molecule has 0 fully saturated rings. The molecule has 0 radical (unpaired) electrons. The zero-order valence-electron chi connectivity index (χ0n) is 23.3. The van der Waals surface area contributed by atoms with Crippen molar-refractivity contribution in [1.29, 1.82) is 0 Å². The number of ether oxygens (including phenoxy) is 5. The van der Waals surface area contributed by atoms with Crippen LogP contribution >= 0.6 is 23.2 Å². The van der Waals surface area contributed by atoms with Gasteiger partial charge in [-0.1, -0.05) is 35.3 Å². The van der Waals surface area contributed by atoms with Crippen LogP contribution in [0.15, 0.2) is 36.4 Å². The van der Waals surface area contributed by atoms with Crippen LogP contribution in [0.5, 0.6) is 5.75 Å². The van der Waals surface area contributed by atoms with Crippen LogP contribution in [0.4, 0.5) is 16.2 Å². The molecule has 2 rings (SSSR count). The Balaban J connectivity index is 1.75. The zero-order valence-corrected chi connectivity index (χ0v) is 24.8. The third kappa shape index (κ3) is 12.8. The van der Waals surface area contributed by atoms with E-state index in [-0.39, 0.29) is 6.61 Å². The number of nitrogens with one attached hydrogen (secondary N) is 2. The van der Waals surface area contributed by atoms with Gasteiger partial charge in [0.1, 0.15) is 17.8 Å². The van der Waals surface area contributed by atoms with Crippen molar-refractivity contribution in [3.8, 4) is 5.75 Å². The van der Waals surface area contributed by atoms with Gasteiger partial charge in [-0.25, -0.2) is 9.59 Å². The predicted molar refractivity (Wildman–Crippen MR) is 153 cm³/mol. The fourth-order valence-electron chi connectivity index (χ4n) is 3.09. The van der Waals surface area contributed by atoms with Crippen LogP contribution in [0.2, 0.25) is 10.0 Å². The van der Waals surface area contributed by atoms with Crippen molar-refractivity contribution in [2.24, 2.45) is 0 Å². The molecule has 11 heteroatoms. The number of benzene rings is 2. The number of carbonyl (C=O) groups is 2. The largest absolute Gasteiger partial charge is 0.488 e. The van der Waals surface area contributed by atoms with E-state index in [2.05, 4.69) is 10.6 Å². The highest BCUT2D eigenvalue weighted by molar-refractivity contribution is 6.37. The minimum absolute atomic E-state index is 0.230. The lowest BCUT2D eigenvalue weighted by Gasteiger charge is -2.21. The SMILES string of the molecule is CC(C)(C)OC(=O)NCCOCCOCCOc1c(Cl)cc(Nc2ccccc2C(=O)OC(C)(C)C)cc1Cl. The summed E-state index contributed by atoms with van der Waals surface area (Å²) in [6.45, 7) is 12.8. The molecule has 0 aliphatic carbocycles. The molecule has 216 valence electrons. The zero-order chi connectivity index (χ0) is 29.1. The highest BCUT2D eigenvalue weighted by atomic mass is 35.5. The lowest BCUT2D eigenvalue weighted by Crippen LogP contribution is -2.34. The van der Waals surface area contributed by atoms with Gasteiger partial charge in [-0.2, -0.15) is 0 Å². The quantitative estimate of drug-likeness (QED) is 0.200. The van der Waals surface area contributed by atoms with Crippen molar-refractivity contribution in [2.45, 2.75) is 52.7 Å². The van der Waals surface area contributed by atoms with Gasteiger partial charge in [0, 0.05) is 12.2 Å². The molecule has 0 aliphatic rings. The summed E-state index contributed by atoms with van der Waals surface area (Å²) in [6, 6.07) is 10.3. The van der Waals surface area contributed by atoms with Gasteiger partial charge in [-0.3, -0.25) is 0 Å². The monoisotopic (exact) mass is 584 g/mol. The van der Waals surface area contributed by atoms with Crippen LogP contribution in [0.1, 0.15) is 51.9 Å². The van der Waals surface area contributed by atoms with Gasteiger partial charge in [0.25, 0.3) is 0 Å². The molecule has 39 heavy (non-hydrogen) atoms. The number of esters is 1. The van der Waals surface area contributed by atoms with Crippen molar-refractivity contribution in [3.05, 3.63) is 52.0 Å². The van der Waals surface area contributed by atoms with Gasteiger partial charge >= 0.3 is 12.1 Å². The number of carbonyl (C=O) groups excluding carboxylic acids is 2. The first kappa shape index (κ1) is 32.5. The molecule has 0 saturated carbocycles. The van der Waals surface area contributed by atoms with Crippen molar-refractivity contribution in [2.75, 3.05) is 44.9 Å². The van der Waals surface area contributed by atoms with Crippen LogP contribution < -0.4 is 15.4 Å². The minimum atomic E-state index is -0.618. The lowest BCUT2D eigenvalue weighted by molar-refractivity contribution is 0.00704. The summed E-state index contributed by atoms with van der Waals surface area (Å²) in [5.74, 6) is -0.108. The highest BCUT2D eigenvalue weighted by Gasteiger charge is 2.21. The molecular weight excluding hydrogens is 547 g/mol. The molecule has 0 unspecified atom stereocenters. The molecule has 0 aromatic heterocycles. The standard InChI is InChI=1S/C28H38Cl2N2O7/c1-27(2,3)38-25(33)20-9-7-8-10-23(20)32-19-17-21(29)24(22(30)18-19)37-16-15-36-14-13-35-12-11-31-26(34)39-28(4,5)6/h7-10,17-18,32H,11-16H2,1-6H3,(H,31,34). The summed E-state index contributed by atoms with van der Waals surface area (Å²) in [6.07, 6.45) is -0.480. The summed E-state index contributed by atoms with van der Waals surface area (Å²) < 4.78 is 27.3. The van der Waals surface area contributed by atoms with E-state index in [9.17, 15) is 9.59 Å². The van der Waals surface area contributed by atoms with E-state index >= 15 is 0 Å². The Hall–Kier alpha value is -2.72. The van der Waals surface area contributed by atoms with Crippen molar-refractivity contribution in [3.63, 3.8) is 0 Å². The third-order valence-electron chi connectivity index (χ3n) is 4.58. The van der Waals surface area contributed by atoms with E-state index in [0.29, 0.717) is 65.7 Å². The average Bonchev–Trinajstić information content (AvgIpc) is 2.79. The van der Waals surface area contributed by atoms with Crippen molar-refractivity contribution < 1.29 is 33.3 Å². The summed E-state index contributed by atoms with van der Waals surface area (Å²) >= 11 is 12.8. The van der Waals surface area contributed by atoms with Crippen molar-refractivity contribution >= 4 is 46.6 Å². The first-order valence-electron chi connectivity index (χ1n) is 12.6. The third-order valence-corrected chi connectivity index (χ3v) is 5.15. The molecule has 2 aromatic carbocycles. The fraction of sp³-hybridized carbons (Fsp3) is 0.500. The van der Waals surface area contributed by atoms with Gasteiger partial charge in [0.05, 0.1) is 47.7 Å². The maximum Gasteiger partial charge on any atom is 0.407 e. The van der Waals surface area contributed by atoms with E-state index in [1.165, 1.54) is 0 Å². The molecule has 0 aliphatic heterocycles. The van der Waals surface area contributed by atoms with Gasteiger partial charge < -0.3 is 34.3 Å². The summed E-state index contributed by atoms with van der Waals surface area (Å²) in [5.41, 5.74) is 0.379. The number of halogens is 2. The number of rotatable bonds is 13. The number of hydrogen-bond donors (Lipinski definition) is 2. The van der Waals surface area contributed by atoms with Crippen LogP contribution in [-0.4, -0.2) is 62.8 Å². The second-order valence-electron chi connectivity index (χ2n) is 10.4. The molecule has 1 amide bonds. The van der Waals surface area contributed by atoms with Crippen LogP contribution in [0.3, 0.4) is 0 Å². The maximum absolute atomic E-state index is 12.6. The first-order chi connectivity index (χ1) is 18.2. The molecule has 2 aromatic rings. The number of anilines is 2. The Morgan fingerprint density at radius 3 is 1.97 bits per heavy atom. The second-order valence-corrected chi connectivity index (χ2v) is 11.3. The summed E-state index contributed by atoms with van der Waals surface area (Å²) in [4.78, 5) is 24.2. The Morgan fingerprint density at radius 2 is 1.36 bits per heavy atom. The smallest absolute Gasteiger partial charge is 0.407 e. The normalized spacial score (nSPS) is 11.6. The van der Waals surface area contributed by atoms with Crippen LogP contribution in [0.25, 0.3) is 0 Å². The molecule has 9 nitrogen and oxygen atoms in total. The van der Waals surface area contributed by atoms with Gasteiger partial charge in [-0.15, -0.1) is 0 Å². The molecule has 0 heterocycles. The molecule has 0 saturated heterocycles. The molecular formula is C28H38Cl2N2O7. The first-order valence-corrected chi connectivity index (χ1v) is 13.3. The van der Waals surface area contributed by atoms with E-state index in [1.807, 2.05) is 26.8 Å². The molecule has 2 N–H and O–H groups in total. The molecule has 0 spiro atoms.